The highest BCUT2D eigenvalue weighted by Gasteiger charge is 2.51. The second-order valence-electron chi connectivity index (χ2n) is 20.8. The molecule has 4 aliphatic rings. The lowest BCUT2D eigenvalue weighted by Crippen LogP contribution is -2.54. The number of ketones is 1. The molecule has 0 spiro atoms. The van der Waals surface area contributed by atoms with Gasteiger partial charge in [-0.3, -0.25) is 24.1 Å². The average Bonchev–Trinajstić information content (AvgIpc) is 4.39. The standard InChI is InChI=1S/C58H61F3N6O9S2/c1-34(2)51(65-31-39-9-6-7-10-44(39)53(65)70)54(71)64-32-42(68)29-46(64)47(69)22-16-36-13-14-37(52-35(3)63-33-78-52)27-50(36)76-26-25-75-49-12-8-11-48(49)74-24-23-73-43-20-18-40(19-21-43)67-56(77)66(55(72)57(67,4)5)41-17-15-38(30-62)45(28-41)58(59,60)61/h6-7,9-10,13-15,17-21,27-28,33-34,42,46,48-49,51,68H,8,11-12,16,22-26,29,31-32H2,1-5H3/t42-,46+,48?,49-,51+/m1/s1. The Morgan fingerprint density at radius 1 is 0.936 bits per heavy atom. The maximum Gasteiger partial charge on any atom is 0.417 e. The molecule has 3 fully saturated rings. The van der Waals surface area contributed by atoms with Crippen molar-refractivity contribution in [1.82, 2.24) is 14.8 Å². The van der Waals surface area contributed by atoms with E-state index in [2.05, 4.69) is 4.98 Å². The van der Waals surface area contributed by atoms with Crippen molar-refractivity contribution in [3.8, 4) is 28.0 Å². The lowest BCUT2D eigenvalue weighted by atomic mass is 9.97. The number of hydrogen-bond acceptors (Lipinski definition) is 13. The van der Waals surface area contributed by atoms with Crippen LogP contribution in [0.5, 0.6) is 11.5 Å². The van der Waals surface area contributed by atoms with E-state index in [0.717, 1.165) is 63.6 Å². The highest BCUT2D eigenvalue weighted by Crippen LogP contribution is 2.41. The number of hydrogen-bond donors (Lipinski definition) is 1. The fraction of sp³-hybridized carbons (Fsp3) is 0.431. The lowest BCUT2D eigenvalue weighted by molar-refractivity contribution is -0.142. The number of benzene rings is 4. The van der Waals surface area contributed by atoms with Gasteiger partial charge in [0.05, 0.1) is 76.5 Å². The van der Waals surface area contributed by atoms with Gasteiger partial charge < -0.3 is 38.8 Å². The summed E-state index contributed by atoms with van der Waals surface area (Å²) in [6.45, 7) is 10.3. The first kappa shape index (κ1) is 56.0. The molecule has 3 amide bonds. The maximum atomic E-state index is 14.3. The van der Waals surface area contributed by atoms with Crippen LogP contribution in [0.2, 0.25) is 0 Å². The van der Waals surface area contributed by atoms with Gasteiger partial charge in [0.2, 0.25) is 5.91 Å². The van der Waals surface area contributed by atoms with Crippen molar-refractivity contribution in [3.05, 3.63) is 124 Å². The van der Waals surface area contributed by atoms with E-state index in [0.29, 0.717) is 35.7 Å². The van der Waals surface area contributed by atoms with Gasteiger partial charge in [-0.25, -0.2) is 4.98 Å². The van der Waals surface area contributed by atoms with Gasteiger partial charge in [0, 0.05) is 37.2 Å². The second kappa shape index (κ2) is 23.3. The molecule has 3 aliphatic heterocycles. The van der Waals surface area contributed by atoms with Gasteiger partial charge in [0.25, 0.3) is 11.8 Å². The topological polar surface area (TPSA) is 175 Å². The van der Waals surface area contributed by atoms with Crippen LogP contribution in [-0.4, -0.2) is 117 Å². The van der Waals surface area contributed by atoms with Crippen molar-refractivity contribution >= 4 is 63.5 Å². The molecule has 9 rings (SSSR count). The van der Waals surface area contributed by atoms with Gasteiger partial charge in [-0.2, -0.15) is 18.4 Å². The number of aromatic nitrogens is 1. The van der Waals surface area contributed by atoms with Crippen LogP contribution in [0.25, 0.3) is 10.4 Å². The molecule has 0 bridgehead atoms. The highest BCUT2D eigenvalue weighted by atomic mass is 32.1. The Morgan fingerprint density at radius 2 is 1.63 bits per heavy atom. The van der Waals surface area contributed by atoms with E-state index in [1.54, 1.807) is 71.6 Å². The molecule has 15 nitrogen and oxygen atoms in total. The van der Waals surface area contributed by atoms with Gasteiger partial charge in [-0.15, -0.1) is 11.3 Å². The summed E-state index contributed by atoms with van der Waals surface area (Å²) < 4.78 is 66.5. The minimum atomic E-state index is -4.81. The summed E-state index contributed by atoms with van der Waals surface area (Å²) in [7, 11) is 0. The number of alkyl halides is 3. The minimum absolute atomic E-state index is 0.0104. The van der Waals surface area contributed by atoms with E-state index < -0.39 is 46.9 Å². The molecule has 410 valence electrons. The number of aryl methyl sites for hydroxylation is 2. The molecule has 1 aliphatic carbocycles. The van der Waals surface area contributed by atoms with Crippen LogP contribution < -0.4 is 19.3 Å². The molecule has 1 unspecified atom stereocenters. The number of thiocarbonyl (C=S) groups is 1. The summed E-state index contributed by atoms with van der Waals surface area (Å²) >= 11 is 7.20. The summed E-state index contributed by atoms with van der Waals surface area (Å²) in [6, 6.07) is 23.1. The number of Topliss-reactive ketones (excluding diaryl/α,β-unsaturated/α-hetero) is 1. The van der Waals surface area contributed by atoms with Gasteiger partial charge in [0.15, 0.2) is 10.9 Å². The normalized spacial score (nSPS) is 20.4. The van der Waals surface area contributed by atoms with E-state index in [-0.39, 0.29) is 92.3 Å². The SMILES string of the molecule is Cc1ncsc1-c1ccc(CCC(=O)[C@@H]2C[C@@H](O)CN2C(=O)[C@H](C(C)C)N2Cc3ccccc3C2=O)c(OCCO[C@@H]2CCCC2OCCOc2ccc(N3C(=S)N(c4ccc(C#N)c(C(F)(F)F)c4)C(=O)C3(C)C)cc2)c1. The number of halogens is 3. The number of likely N-dealkylation sites (tertiary alicyclic amines) is 1. The number of carbonyl (C=O) groups is 4. The lowest BCUT2D eigenvalue weighted by Gasteiger charge is -2.35. The number of amides is 3. The molecule has 1 aromatic heterocycles. The summed E-state index contributed by atoms with van der Waals surface area (Å²) in [6.07, 6.45) is -2.95. The van der Waals surface area contributed by atoms with Crippen LogP contribution >= 0.6 is 23.6 Å². The maximum absolute atomic E-state index is 14.3. The fourth-order valence-corrected chi connectivity index (χ4v) is 12.3. The smallest absolute Gasteiger partial charge is 0.417 e. The number of β-amino-alcohol motifs (C(OH)–C–C–N with tert-alkyl or cyclic N) is 1. The van der Waals surface area contributed by atoms with Gasteiger partial charge >= 0.3 is 6.18 Å². The van der Waals surface area contributed by atoms with Crippen molar-refractivity contribution in [1.29, 1.82) is 5.26 Å². The van der Waals surface area contributed by atoms with Crippen LogP contribution in [0.1, 0.15) is 98.1 Å². The molecular weight excluding hydrogens is 1050 g/mol. The Hall–Kier alpha value is -6.76. The molecule has 1 saturated carbocycles. The third-order valence-electron chi connectivity index (χ3n) is 14.9. The fourth-order valence-electron chi connectivity index (χ4n) is 11.0. The van der Waals surface area contributed by atoms with Gasteiger partial charge in [-0.1, -0.05) is 44.2 Å². The average molecular weight is 1110 g/mol. The summed E-state index contributed by atoms with van der Waals surface area (Å²) in [5.74, 6) is -0.375. The van der Waals surface area contributed by atoms with E-state index in [1.165, 1.54) is 22.3 Å². The Kier molecular flexibility index (Phi) is 16.7. The quantitative estimate of drug-likeness (QED) is 0.0577. The molecule has 2 saturated heterocycles. The van der Waals surface area contributed by atoms with Crippen molar-refractivity contribution < 1.29 is 56.4 Å². The van der Waals surface area contributed by atoms with E-state index >= 15 is 0 Å². The van der Waals surface area contributed by atoms with Gasteiger partial charge in [-0.05, 0) is 136 Å². The number of carbonyl (C=O) groups excluding carboxylic acids is 4. The molecular formula is C58H61F3N6O9S2. The zero-order valence-electron chi connectivity index (χ0n) is 44.0. The Balaban J connectivity index is 0.770. The van der Waals surface area contributed by atoms with E-state index in [9.17, 15) is 42.7 Å². The van der Waals surface area contributed by atoms with Crippen LogP contribution in [-0.2, 0) is 43.0 Å². The predicted octanol–water partition coefficient (Wildman–Crippen LogP) is 9.48. The minimum Gasteiger partial charge on any atom is -0.491 e. The number of anilines is 2. The highest BCUT2D eigenvalue weighted by molar-refractivity contribution is 7.81. The number of thiazole rings is 1. The number of aliphatic hydroxyl groups excluding tert-OH is 1. The Labute approximate surface area is 460 Å². The van der Waals surface area contributed by atoms with Crippen LogP contribution in [0, 0.1) is 24.2 Å². The first-order valence-corrected chi connectivity index (χ1v) is 27.4. The van der Waals surface area contributed by atoms with Crippen molar-refractivity contribution in [3.63, 3.8) is 0 Å². The summed E-state index contributed by atoms with van der Waals surface area (Å²) in [4.78, 5) is 66.8. The van der Waals surface area contributed by atoms with Crippen LogP contribution in [0.15, 0.2) is 90.4 Å². The number of nitriles is 1. The molecule has 20 heteroatoms. The van der Waals surface area contributed by atoms with Crippen LogP contribution in [0.3, 0.4) is 0 Å². The Bertz CT molecular complexity index is 3120. The first-order valence-electron chi connectivity index (χ1n) is 26.1. The molecule has 5 atom stereocenters. The number of ether oxygens (including phenoxy) is 4. The Morgan fingerprint density at radius 3 is 2.28 bits per heavy atom. The third-order valence-corrected chi connectivity index (χ3v) is 16.3. The molecule has 5 aromatic rings. The molecule has 4 aromatic carbocycles. The first-order chi connectivity index (χ1) is 37.3. The van der Waals surface area contributed by atoms with Gasteiger partial charge in [0.1, 0.15) is 36.3 Å². The van der Waals surface area contributed by atoms with Crippen molar-refractivity contribution in [2.75, 3.05) is 42.8 Å². The summed E-state index contributed by atoms with van der Waals surface area (Å²) in [5.41, 5.74) is 3.30. The molecule has 0 radical (unpaired) electrons. The summed E-state index contributed by atoms with van der Waals surface area (Å²) in [5, 5.41) is 20.1. The monoisotopic (exact) mass is 1110 g/mol. The number of fused-ring (bicyclic) bond motifs is 1. The number of nitrogens with zero attached hydrogens (tertiary/aromatic N) is 6. The van der Waals surface area contributed by atoms with Crippen molar-refractivity contribution in [2.45, 2.75) is 122 Å². The second-order valence-corrected chi connectivity index (χ2v) is 22.0. The largest absolute Gasteiger partial charge is 0.491 e. The number of rotatable bonds is 20. The van der Waals surface area contributed by atoms with E-state index in [1.807, 2.05) is 51.1 Å². The molecule has 1 N–H and O–H groups in total. The molecule has 78 heavy (non-hydrogen) atoms. The zero-order valence-corrected chi connectivity index (χ0v) is 45.6. The molecule has 4 heterocycles. The zero-order chi connectivity index (χ0) is 55.6. The third kappa shape index (κ3) is 11.5. The van der Waals surface area contributed by atoms with Crippen LogP contribution in [0.4, 0.5) is 24.5 Å². The van der Waals surface area contributed by atoms with E-state index in [4.69, 9.17) is 31.2 Å². The van der Waals surface area contributed by atoms with Crippen molar-refractivity contribution in [2.24, 2.45) is 5.92 Å². The predicted molar refractivity (Wildman–Crippen MR) is 290 cm³/mol. The number of aliphatic hydroxyl groups is 1.